The maximum atomic E-state index is 13.1. The highest BCUT2D eigenvalue weighted by Gasteiger charge is 2.15. The zero-order valence-electron chi connectivity index (χ0n) is 16.1. The van der Waals surface area contributed by atoms with Crippen molar-refractivity contribution in [1.82, 2.24) is 4.57 Å². The van der Waals surface area contributed by atoms with Crippen LogP contribution < -0.4 is 9.54 Å². The van der Waals surface area contributed by atoms with Crippen LogP contribution >= 0.6 is 22.9 Å². The van der Waals surface area contributed by atoms with Gasteiger partial charge in [-0.2, -0.15) is 4.99 Å². The number of hydrogen-bond acceptors (Lipinski definition) is 3. The van der Waals surface area contributed by atoms with E-state index in [-0.39, 0.29) is 6.54 Å². The van der Waals surface area contributed by atoms with E-state index in [0.717, 1.165) is 15.8 Å². The molecule has 0 aliphatic carbocycles. The van der Waals surface area contributed by atoms with Crippen LogP contribution in [0.3, 0.4) is 0 Å². The maximum Gasteiger partial charge on any atom is 0.283 e. The van der Waals surface area contributed by atoms with Crippen LogP contribution in [0.1, 0.15) is 15.9 Å². The fraction of sp³-hybridized carbons (Fsp3) is 0.0833. The summed E-state index contributed by atoms with van der Waals surface area (Å²) in [5, 5.41) is 0.644. The Kier molecular flexibility index (Phi) is 5.71. The number of rotatable bonds is 4. The van der Waals surface area contributed by atoms with Gasteiger partial charge in [0.1, 0.15) is 11.5 Å². The summed E-state index contributed by atoms with van der Waals surface area (Å²) in [6.07, 6.45) is 5.57. The molecule has 6 heteroatoms. The van der Waals surface area contributed by atoms with E-state index < -0.39 is 5.91 Å². The van der Waals surface area contributed by atoms with Gasteiger partial charge in [-0.05, 0) is 48.9 Å². The van der Waals surface area contributed by atoms with E-state index >= 15 is 0 Å². The first-order valence-electron chi connectivity index (χ1n) is 9.21. The van der Waals surface area contributed by atoms with E-state index in [9.17, 15) is 4.79 Å². The summed E-state index contributed by atoms with van der Waals surface area (Å²) >= 11 is 7.69. The minimum absolute atomic E-state index is 0.287. The van der Waals surface area contributed by atoms with Gasteiger partial charge < -0.3 is 9.30 Å². The van der Waals surface area contributed by atoms with Crippen LogP contribution in [0.4, 0.5) is 0 Å². The summed E-state index contributed by atoms with van der Waals surface area (Å²) in [7, 11) is 0. The standard InChI is InChI=1S/C24H17ClN2O2S/c1-3-15-27-22-16(2)19(25)13-14-21(22)30-24(27)26-23(28)18-11-7-8-12-20(18)29-17-9-5-4-6-10-17/h1,4-14H,15H2,2H3. The van der Waals surface area contributed by atoms with Crippen molar-refractivity contribution in [3.05, 3.63) is 87.7 Å². The number of carbonyl (C=O) groups excluding carboxylic acids is 1. The van der Waals surface area contributed by atoms with Gasteiger partial charge in [-0.15, -0.1) is 6.42 Å². The summed E-state index contributed by atoms with van der Waals surface area (Å²) in [4.78, 5) is 18.0. The highest BCUT2D eigenvalue weighted by molar-refractivity contribution is 7.16. The highest BCUT2D eigenvalue weighted by Crippen LogP contribution is 2.28. The van der Waals surface area contributed by atoms with Gasteiger partial charge in [-0.25, -0.2) is 0 Å². The largest absolute Gasteiger partial charge is 0.457 e. The first-order chi connectivity index (χ1) is 14.6. The topological polar surface area (TPSA) is 43.6 Å². The number of benzene rings is 3. The number of ether oxygens (including phenoxy) is 1. The Hall–Kier alpha value is -3.33. The summed E-state index contributed by atoms with van der Waals surface area (Å²) in [5.41, 5.74) is 2.18. The lowest BCUT2D eigenvalue weighted by Crippen LogP contribution is -2.17. The van der Waals surface area contributed by atoms with Crippen LogP contribution in [0.5, 0.6) is 11.5 Å². The van der Waals surface area contributed by atoms with Crippen LogP contribution in [0.2, 0.25) is 5.02 Å². The van der Waals surface area contributed by atoms with Crippen molar-refractivity contribution >= 4 is 39.1 Å². The van der Waals surface area contributed by atoms with Gasteiger partial charge in [-0.1, -0.05) is 59.2 Å². The fourth-order valence-corrected chi connectivity index (χ4v) is 4.37. The number of thiazole rings is 1. The van der Waals surface area contributed by atoms with Crippen LogP contribution in [-0.2, 0) is 6.54 Å². The molecular formula is C24H17ClN2O2S. The molecule has 4 nitrogen and oxygen atoms in total. The average Bonchev–Trinajstić information content (AvgIpc) is 3.10. The predicted octanol–water partition coefficient (Wildman–Crippen LogP) is 5.83. The molecule has 30 heavy (non-hydrogen) atoms. The van der Waals surface area contributed by atoms with E-state index in [2.05, 4.69) is 10.9 Å². The summed E-state index contributed by atoms with van der Waals surface area (Å²) in [6, 6.07) is 20.1. The highest BCUT2D eigenvalue weighted by atomic mass is 35.5. The summed E-state index contributed by atoms with van der Waals surface area (Å²) < 4.78 is 8.72. The van der Waals surface area contributed by atoms with E-state index in [1.807, 2.05) is 60.0 Å². The first-order valence-corrected chi connectivity index (χ1v) is 10.4. The number of halogens is 1. The first kappa shape index (κ1) is 20.0. The summed E-state index contributed by atoms with van der Waals surface area (Å²) in [6.45, 7) is 2.22. The van der Waals surface area contributed by atoms with Gasteiger partial charge in [0.2, 0.25) is 0 Å². The van der Waals surface area contributed by atoms with Gasteiger partial charge in [0, 0.05) is 5.02 Å². The normalized spacial score (nSPS) is 11.4. The molecule has 0 aliphatic heterocycles. The lowest BCUT2D eigenvalue weighted by Gasteiger charge is -2.08. The minimum atomic E-state index is -0.400. The van der Waals surface area contributed by atoms with Crippen LogP contribution in [0.15, 0.2) is 71.7 Å². The second kappa shape index (κ2) is 8.58. The maximum absolute atomic E-state index is 13.1. The average molecular weight is 433 g/mol. The molecule has 0 saturated carbocycles. The molecule has 0 aliphatic rings. The quantitative estimate of drug-likeness (QED) is 0.381. The Balaban J connectivity index is 1.81. The summed E-state index contributed by atoms with van der Waals surface area (Å²) in [5.74, 6) is 3.33. The monoisotopic (exact) mass is 432 g/mol. The Bertz CT molecular complexity index is 1350. The number of amides is 1. The van der Waals surface area contributed by atoms with Gasteiger partial charge in [0.05, 0.1) is 22.3 Å². The zero-order valence-corrected chi connectivity index (χ0v) is 17.7. The minimum Gasteiger partial charge on any atom is -0.457 e. The van der Waals surface area contributed by atoms with Gasteiger partial charge in [-0.3, -0.25) is 4.79 Å². The van der Waals surface area contributed by atoms with Crippen molar-refractivity contribution in [2.75, 3.05) is 0 Å². The molecule has 0 bridgehead atoms. The smallest absolute Gasteiger partial charge is 0.283 e. The third-order valence-corrected chi connectivity index (χ3v) is 6.02. The van der Waals surface area contributed by atoms with E-state index in [4.69, 9.17) is 22.8 Å². The lowest BCUT2D eigenvalue weighted by molar-refractivity contribution is 0.0995. The van der Waals surface area contributed by atoms with E-state index in [0.29, 0.717) is 26.9 Å². The fourth-order valence-electron chi connectivity index (χ4n) is 3.13. The number of para-hydroxylation sites is 2. The van der Waals surface area contributed by atoms with E-state index in [1.165, 1.54) is 11.3 Å². The SMILES string of the molecule is C#CCn1c(=NC(=O)c2ccccc2Oc2ccccc2)sc2ccc(Cl)c(C)c21. The molecule has 1 heterocycles. The molecular weight excluding hydrogens is 416 g/mol. The number of fused-ring (bicyclic) bond motifs is 1. The molecule has 0 N–H and O–H groups in total. The number of carbonyl (C=O) groups is 1. The van der Waals surface area contributed by atoms with Gasteiger partial charge >= 0.3 is 0 Å². The molecule has 0 radical (unpaired) electrons. The number of nitrogens with zero attached hydrogens (tertiary/aromatic N) is 2. The number of terminal acetylenes is 1. The molecule has 0 fully saturated rings. The van der Waals surface area contributed by atoms with Crippen molar-refractivity contribution in [2.45, 2.75) is 13.5 Å². The Morgan fingerprint density at radius 2 is 1.87 bits per heavy atom. The van der Waals surface area contributed by atoms with Gasteiger partial charge in [0.15, 0.2) is 4.80 Å². The molecule has 0 unspecified atom stereocenters. The van der Waals surface area contributed by atoms with Crippen LogP contribution in [-0.4, -0.2) is 10.5 Å². The molecule has 0 spiro atoms. The Morgan fingerprint density at radius 3 is 2.63 bits per heavy atom. The van der Waals surface area contributed by atoms with Crippen LogP contribution in [0, 0.1) is 19.3 Å². The molecule has 3 aromatic carbocycles. The third-order valence-electron chi connectivity index (χ3n) is 4.57. The third kappa shape index (κ3) is 3.88. The second-order valence-electron chi connectivity index (χ2n) is 6.52. The molecule has 0 saturated heterocycles. The molecule has 1 aromatic heterocycles. The van der Waals surface area contributed by atoms with Crippen molar-refractivity contribution in [1.29, 1.82) is 0 Å². The van der Waals surface area contributed by atoms with Crippen molar-refractivity contribution in [2.24, 2.45) is 4.99 Å². The predicted molar refractivity (Wildman–Crippen MR) is 121 cm³/mol. The molecule has 4 aromatic rings. The molecule has 4 rings (SSSR count). The van der Waals surface area contributed by atoms with Crippen molar-refractivity contribution in [3.8, 4) is 23.8 Å². The van der Waals surface area contributed by atoms with Crippen LogP contribution in [0.25, 0.3) is 10.2 Å². The van der Waals surface area contributed by atoms with E-state index in [1.54, 1.807) is 18.2 Å². The Morgan fingerprint density at radius 1 is 1.13 bits per heavy atom. The second-order valence-corrected chi connectivity index (χ2v) is 7.94. The molecule has 1 amide bonds. The molecule has 148 valence electrons. The lowest BCUT2D eigenvalue weighted by atomic mass is 10.2. The number of hydrogen-bond donors (Lipinski definition) is 0. The number of aromatic nitrogens is 1. The van der Waals surface area contributed by atoms with Gasteiger partial charge in [0.25, 0.3) is 5.91 Å². The molecule has 0 atom stereocenters. The zero-order chi connectivity index (χ0) is 21.1. The number of aryl methyl sites for hydroxylation is 1. The van der Waals surface area contributed by atoms with Crippen molar-refractivity contribution < 1.29 is 9.53 Å². The van der Waals surface area contributed by atoms with Crippen molar-refractivity contribution in [3.63, 3.8) is 0 Å². The Labute approximate surface area is 183 Å².